The number of carbonyl (C=O) groups is 1. The molecule has 0 amide bonds. The molecule has 0 bridgehead atoms. The SMILES string of the molecule is COc1c(O)cc(O)c(C(=O)/C=C/c2ccccc2)c1O. The summed E-state index contributed by atoms with van der Waals surface area (Å²) in [6.45, 7) is 0. The number of hydrogen-bond donors (Lipinski definition) is 3. The number of phenols is 3. The fourth-order valence-electron chi connectivity index (χ4n) is 1.89. The molecule has 21 heavy (non-hydrogen) atoms. The van der Waals surface area contributed by atoms with Crippen LogP contribution < -0.4 is 4.74 Å². The summed E-state index contributed by atoms with van der Waals surface area (Å²) in [5.74, 6) is -2.43. The lowest BCUT2D eigenvalue weighted by Crippen LogP contribution is -1.98. The Labute approximate surface area is 121 Å². The number of rotatable bonds is 4. The fourth-order valence-corrected chi connectivity index (χ4v) is 1.89. The lowest BCUT2D eigenvalue weighted by molar-refractivity contribution is 0.104. The quantitative estimate of drug-likeness (QED) is 0.594. The molecule has 2 aromatic rings. The van der Waals surface area contributed by atoms with Crippen LogP contribution in [0, 0.1) is 0 Å². The molecule has 0 atom stereocenters. The molecule has 2 aromatic carbocycles. The van der Waals surface area contributed by atoms with Crippen molar-refractivity contribution in [3.8, 4) is 23.0 Å². The molecule has 0 aliphatic heterocycles. The highest BCUT2D eigenvalue weighted by molar-refractivity contribution is 6.11. The van der Waals surface area contributed by atoms with Gasteiger partial charge in [0.25, 0.3) is 0 Å². The zero-order chi connectivity index (χ0) is 15.4. The molecule has 0 heterocycles. The molecule has 0 aliphatic rings. The first kappa shape index (κ1) is 14.5. The van der Waals surface area contributed by atoms with Crippen molar-refractivity contribution in [3.05, 3.63) is 53.6 Å². The lowest BCUT2D eigenvalue weighted by atomic mass is 10.1. The average molecular weight is 286 g/mol. The minimum Gasteiger partial charge on any atom is -0.507 e. The van der Waals surface area contributed by atoms with Gasteiger partial charge in [0, 0.05) is 6.07 Å². The van der Waals surface area contributed by atoms with E-state index < -0.39 is 23.0 Å². The van der Waals surface area contributed by atoms with Crippen molar-refractivity contribution >= 4 is 11.9 Å². The largest absolute Gasteiger partial charge is 0.507 e. The minimum absolute atomic E-state index is 0.260. The van der Waals surface area contributed by atoms with Crippen molar-refractivity contribution in [2.24, 2.45) is 0 Å². The third-order valence-corrected chi connectivity index (χ3v) is 2.89. The van der Waals surface area contributed by atoms with E-state index in [-0.39, 0.29) is 11.3 Å². The number of allylic oxidation sites excluding steroid dienone is 1. The van der Waals surface area contributed by atoms with E-state index in [0.29, 0.717) is 0 Å². The van der Waals surface area contributed by atoms with Gasteiger partial charge in [0.05, 0.1) is 7.11 Å². The summed E-state index contributed by atoms with van der Waals surface area (Å²) < 4.78 is 4.80. The van der Waals surface area contributed by atoms with Crippen LogP contribution in [0.5, 0.6) is 23.0 Å². The third kappa shape index (κ3) is 2.97. The Kier molecular flexibility index (Phi) is 4.13. The number of ketones is 1. The maximum Gasteiger partial charge on any atom is 0.203 e. The van der Waals surface area contributed by atoms with Crippen molar-refractivity contribution in [3.63, 3.8) is 0 Å². The predicted molar refractivity (Wildman–Crippen MR) is 77.8 cm³/mol. The van der Waals surface area contributed by atoms with Crippen LogP contribution in [-0.4, -0.2) is 28.2 Å². The van der Waals surface area contributed by atoms with Crippen LogP contribution in [0.2, 0.25) is 0 Å². The first-order valence-electron chi connectivity index (χ1n) is 6.14. The molecular weight excluding hydrogens is 272 g/mol. The highest BCUT2D eigenvalue weighted by Crippen LogP contribution is 2.43. The second-order valence-electron chi connectivity index (χ2n) is 4.28. The Balaban J connectivity index is 2.38. The number of methoxy groups -OCH3 is 1. The van der Waals surface area contributed by atoms with Crippen LogP contribution in [0.3, 0.4) is 0 Å². The summed E-state index contributed by atoms with van der Waals surface area (Å²) in [6.07, 6.45) is 2.78. The van der Waals surface area contributed by atoms with Gasteiger partial charge in [-0.2, -0.15) is 0 Å². The van der Waals surface area contributed by atoms with E-state index in [2.05, 4.69) is 0 Å². The van der Waals surface area contributed by atoms with E-state index >= 15 is 0 Å². The smallest absolute Gasteiger partial charge is 0.203 e. The molecule has 108 valence electrons. The van der Waals surface area contributed by atoms with Crippen LogP contribution in [-0.2, 0) is 0 Å². The van der Waals surface area contributed by atoms with Gasteiger partial charge in [-0.15, -0.1) is 0 Å². The van der Waals surface area contributed by atoms with Crippen LogP contribution in [0.25, 0.3) is 6.08 Å². The maximum absolute atomic E-state index is 12.1. The molecule has 0 unspecified atom stereocenters. The Morgan fingerprint density at radius 3 is 2.38 bits per heavy atom. The first-order chi connectivity index (χ1) is 10.0. The van der Waals surface area contributed by atoms with Crippen molar-refractivity contribution in [1.29, 1.82) is 0 Å². The molecule has 0 saturated heterocycles. The molecule has 2 rings (SSSR count). The molecule has 0 aromatic heterocycles. The molecule has 5 nitrogen and oxygen atoms in total. The number of benzene rings is 2. The summed E-state index contributed by atoms with van der Waals surface area (Å²) in [5.41, 5.74) is 0.479. The Bertz CT molecular complexity index is 690. The van der Waals surface area contributed by atoms with E-state index in [1.165, 1.54) is 13.2 Å². The van der Waals surface area contributed by atoms with Gasteiger partial charge >= 0.3 is 0 Å². The normalized spacial score (nSPS) is 10.7. The standard InChI is InChI=1S/C16H14O5/c1-21-16-13(19)9-12(18)14(15(16)20)11(17)8-7-10-5-3-2-4-6-10/h2-9,18-20H,1H3/b8-7+. The molecule has 5 heteroatoms. The Morgan fingerprint density at radius 2 is 1.76 bits per heavy atom. The van der Waals surface area contributed by atoms with E-state index in [4.69, 9.17) is 4.74 Å². The molecule has 0 saturated carbocycles. The van der Waals surface area contributed by atoms with Crippen LogP contribution in [0.1, 0.15) is 15.9 Å². The third-order valence-electron chi connectivity index (χ3n) is 2.89. The van der Waals surface area contributed by atoms with E-state index in [1.54, 1.807) is 18.2 Å². The van der Waals surface area contributed by atoms with Gasteiger partial charge in [-0.1, -0.05) is 36.4 Å². The number of ether oxygens (including phenoxy) is 1. The molecule has 0 fully saturated rings. The van der Waals surface area contributed by atoms with Crippen molar-refractivity contribution in [2.75, 3.05) is 7.11 Å². The minimum atomic E-state index is -0.604. The summed E-state index contributed by atoms with van der Waals surface area (Å²) in [4.78, 5) is 12.1. The predicted octanol–water partition coefficient (Wildman–Crippen LogP) is 2.71. The Hall–Kier alpha value is -2.95. The van der Waals surface area contributed by atoms with E-state index in [1.807, 2.05) is 18.2 Å². The maximum atomic E-state index is 12.1. The van der Waals surface area contributed by atoms with Gasteiger partial charge in [-0.25, -0.2) is 0 Å². The second-order valence-corrected chi connectivity index (χ2v) is 4.28. The summed E-state index contributed by atoms with van der Waals surface area (Å²) >= 11 is 0. The zero-order valence-electron chi connectivity index (χ0n) is 11.3. The number of carbonyl (C=O) groups excluding carboxylic acids is 1. The molecule has 3 N–H and O–H groups in total. The van der Waals surface area contributed by atoms with Gasteiger partial charge < -0.3 is 20.1 Å². The summed E-state index contributed by atoms with van der Waals surface area (Å²) in [5, 5.41) is 29.2. The first-order valence-corrected chi connectivity index (χ1v) is 6.14. The monoisotopic (exact) mass is 286 g/mol. The van der Waals surface area contributed by atoms with Crippen LogP contribution in [0.15, 0.2) is 42.5 Å². The summed E-state index contributed by atoms with van der Waals surface area (Å²) in [6, 6.07) is 10.1. The highest BCUT2D eigenvalue weighted by Gasteiger charge is 2.21. The second kappa shape index (κ2) is 6.00. The van der Waals surface area contributed by atoms with Crippen molar-refractivity contribution < 1.29 is 24.9 Å². The van der Waals surface area contributed by atoms with Crippen molar-refractivity contribution in [2.45, 2.75) is 0 Å². The lowest BCUT2D eigenvalue weighted by Gasteiger charge is -2.10. The van der Waals surface area contributed by atoms with Crippen LogP contribution in [0.4, 0.5) is 0 Å². The molecular formula is C16H14O5. The van der Waals surface area contributed by atoms with Gasteiger partial charge in [0.15, 0.2) is 17.3 Å². The highest BCUT2D eigenvalue weighted by atomic mass is 16.5. The van der Waals surface area contributed by atoms with Gasteiger partial charge in [0.1, 0.15) is 11.3 Å². The van der Waals surface area contributed by atoms with Gasteiger partial charge in [-0.05, 0) is 11.6 Å². The molecule has 0 spiro atoms. The fraction of sp³-hybridized carbons (Fsp3) is 0.0625. The van der Waals surface area contributed by atoms with E-state index in [9.17, 15) is 20.1 Å². The zero-order valence-corrected chi connectivity index (χ0v) is 11.3. The average Bonchev–Trinajstić information content (AvgIpc) is 2.46. The Morgan fingerprint density at radius 1 is 1.10 bits per heavy atom. The van der Waals surface area contributed by atoms with Crippen molar-refractivity contribution in [1.82, 2.24) is 0 Å². The topological polar surface area (TPSA) is 87.0 Å². The van der Waals surface area contributed by atoms with Crippen LogP contribution >= 0.6 is 0 Å². The molecule has 0 aliphatic carbocycles. The van der Waals surface area contributed by atoms with E-state index in [0.717, 1.165) is 11.6 Å². The number of aromatic hydroxyl groups is 3. The number of phenolic OH excluding ortho intramolecular Hbond substituents is 3. The molecule has 0 radical (unpaired) electrons. The van der Waals surface area contributed by atoms with Gasteiger partial charge in [0.2, 0.25) is 5.75 Å². The number of hydrogen-bond acceptors (Lipinski definition) is 5. The summed E-state index contributed by atoms with van der Waals surface area (Å²) in [7, 11) is 1.24. The van der Waals surface area contributed by atoms with Gasteiger partial charge in [-0.3, -0.25) is 4.79 Å².